The first kappa shape index (κ1) is 9.77. The molecule has 1 aliphatic heterocycles. The molecule has 1 amide bonds. The van der Waals surface area contributed by atoms with Crippen LogP contribution in [0.4, 0.5) is 0 Å². The van der Waals surface area contributed by atoms with Crippen LogP contribution in [-0.4, -0.2) is 18.6 Å². The first-order chi connectivity index (χ1) is 7.29. The van der Waals surface area contributed by atoms with E-state index in [1.807, 2.05) is 24.3 Å². The molecular formula is C12H13NO2. The van der Waals surface area contributed by atoms with E-state index >= 15 is 0 Å². The molecule has 0 fully saturated rings. The second kappa shape index (κ2) is 4.17. The van der Waals surface area contributed by atoms with E-state index in [1.165, 1.54) is 6.08 Å². The molecule has 1 unspecified atom stereocenters. The van der Waals surface area contributed by atoms with Crippen LogP contribution in [-0.2, 0) is 11.2 Å². The summed E-state index contributed by atoms with van der Waals surface area (Å²) in [6.45, 7) is 3.94. The molecule has 1 N–H and O–H groups in total. The van der Waals surface area contributed by atoms with Gasteiger partial charge in [0.2, 0.25) is 5.91 Å². The normalized spacial score (nSPS) is 18.5. The maximum absolute atomic E-state index is 11.1. The van der Waals surface area contributed by atoms with Gasteiger partial charge >= 0.3 is 0 Å². The van der Waals surface area contributed by atoms with Gasteiger partial charge < -0.3 is 10.1 Å². The molecule has 0 spiro atoms. The zero-order chi connectivity index (χ0) is 10.7. The van der Waals surface area contributed by atoms with Crippen molar-refractivity contribution in [1.29, 1.82) is 0 Å². The van der Waals surface area contributed by atoms with Gasteiger partial charge in [0, 0.05) is 0 Å². The van der Waals surface area contributed by atoms with Crippen molar-refractivity contribution in [3.8, 4) is 5.75 Å². The number of rotatable bonds is 2. The molecule has 0 aliphatic carbocycles. The van der Waals surface area contributed by atoms with E-state index in [0.29, 0.717) is 6.61 Å². The largest absolute Gasteiger partial charge is 0.491 e. The molecule has 0 saturated carbocycles. The molecule has 0 bridgehead atoms. The Labute approximate surface area is 88.8 Å². The highest BCUT2D eigenvalue weighted by molar-refractivity contribution is 5.87. The van der Waals surface area contributed by atoms with Gasteiger partial charge in [0.15, 0.2) is 0 Å². The standard InChI is InChI=1S/C12H13NO2/c1-2-12(14)13-10-7-9-5-3-4-6-11(9)15-8-10/h2-6,10H,1,7-8H2,(H,13,14). The fourth-order valence-electron chi connectivity index (χ4n) is 1.68. The monoisotopic (exact) mass is 203 g/mol. The number of carbonyl (C=O) groups excluding carboxylic acids is 1. The Hall–Kier alpha value is -1.77. The van der Waals surface area contributed by atoms with E-state index in [9.17, 15) is 4.79 Å². The predicted octanol–water partition coefficient (Wildman–Crippen LogP) is 1.29. The molecule has 78 valence electrons. The number of fused-ring (bicyclic) bond motifs is 1. The maximum atomic E-state index is 11.1. The first-order valence-corrected chi connectivity index (χ1v) is 4.93. The minimum Gasteiger partial charge on any atom is -0.491 e. The van der Waals surface area contributed by atoms with E-state index in [1.54, 1.807) is 0 Å². The lowest BCUT2D eigenvalue weighted by Crippen LogP contribution is -2.41. The molecule has 0 radical (unpaired) electrons. The molecule has 1 aliphatic rings. The summed E-state index contributed by atoms with van der Waals surface area (Å²) in [7, 11) is 0. The highest BCUT2D eigenvalue weighted by Crippen LogP contribution is 2.23. The van der Waals surface area contributed by atoms with Crippen molar-refractivity contribution >= 4 is 5.91 Å². The van der Waals surface area contributed by atoms with Crippen LogP contribution in [0.1, 0.15) is 5.56 Å². The number of amides is 1. The maximum Gasteiger partial charge on any atom is 0.243 e. The smallest absolute Gasteiger partial charge is 0.243 e. The number of hydrogen-bond acceptors (Lipinski definition) is 2. The Morgan fingerprint density at radius 3 is 3.13 bits per heavy atom. The number of benzene rings is 1. The third-order valence-electron chi connectivity index (χ3n) is 2.41. The van der Waals surface area contributed by atoms with E-state index < -0.39 is 0 Å². The highest BCUT2D eigenvalue weighted by Gasteiger charge is 2.19. The number of carbonyl (C=O) groups is 1. The van der Waals surface area contributed by atoms with Gasteiger partial charge in [-0.3, -0.25) is 4.79 Å². The topological polar surface area (TPSA) is 38.3 Å². The summed E-state index contributed by atoms with van der Waals surface area (Å²) in [4.78, 5) is 11.1. The fraction of sp³-hybridized carbons (Fsp3) is 0.250. The van der Waals surface area contributed by atoms with Crippen LogP contribution < -0.4 is 10.1 Å². The highest BCUT2D eigenvalue weighted by atomic mass is 16.5. The minimum atomic E-state index is -0.150. The van der Waals surface area contributed by atoms with Crippen molar-refractivity contribution in [2.24, 2.45) is 0 Å². The Morgan fingerprint density at radius 1 is 1.53 bits per heavy atom. The molecule has 3 nitrogen and oxygen atoms in total. The average Bonchev–Trinajstić information content (AvgIpc) is 2.29. The third-order valence-corrected chi connectivity index (χ3v) is 2.41. The molecule has 15 heavy (non-hydrogen) atoms. The van der Waals surface area contributed by atoms with Crippen molar-refractivity contribution in [2.75, 3.05) is 6.61 Å². The van der Waals surface area contributed by atoms with Gasteiger partial charge in [-0.25, -0.2) is 0 Å². The average molecular weight is 203 g/mol. The van der Waals surface area contributed by atoms with Gasteiger partial charge in [-0.1, -0.05) is 24.8 Å². The van der Waals surface area contributed by atoms with Gasteiger partial charge in [0.25, 0.3) is 0 Å². The van der Waals surface area contributed by atoms with Crippen molar-refractivity contribution in [3.63, 3.8) is 0 Å². The van der Waals surface area contributed by atoms with Gasteiger partial charge in [0.05, 0.1) is 6.04 Å². The quantitative estimate of drug-likeness (QED) is 0.735. The Kier molecular flexibility index (Phi) is 2.72. The number of hydrogen-bond donors (Lipinski definition) is 1. The summed E-state index contributed by atoms with van der Waals surface area (Å²) >= 11 is 0. The molecule has 0 saturated heterocycles. The predicted molar refractivity (Wildman–Crippen MR) is 57.8 cm³/mol. The molecule has 1 aromatic rings. The molecule has 1 atom stereocenters. The van der Waals surface area contributed by atoms with Crippen LogP contribution in [0.3, 0.4) is 0 Å². The minimum absolute atomic E-state index is 0.0467. The van der Waals surface area contributed by atoms with Crippen LogP contribution in [0.15, 0.2) is 36.9 Å². The molecular weight excluding hydrogens is 190 g/mol. The van der Waals surface area contributed by atoms with Crippen molar-refractivity contribution in [3.05, 3.63) is 42.5 Å². The van der Waals surface area contributed by atoms with Crippen LogP contribution in [0.2, 0.25) is 0 Å². The van der Waals surface area contributed by atoms with Crippen molar-refractivity contribution in [2.45, 2.75) is 12.5 Å². The van der Waals surface area contributed by atoms with Gasteiger partial charge in [0.1, 0.15) is 12.4 Å². The summed E-state index contributed by atoms with van der Waals surface area (Å²) in [6, 6.07) is 7.93. The van der Waals surface area contributed by atoms with Gasteiger partial charge in [-0.05, 0) is 24.1 Å². The number of nitrogens with one attached hydrogen (secondary N) is 1. The Balaban J connectivity index is 2.05. The second-order valence-corrected chi connectivity index (χ2v) is 3.53. The van der Waals surface area contributed by atoms with E-state index in [-0.39, 0.29) is 11.9 Å². The SMILES string of the molecule is C=CC(=O)NC1COc2ccccc2C1. The summed E-state index contributed by atoms with van der Waals surface area (Å²) < 4.78 is 5.53. The van der Waals surface area contributed by atoms with Crippen LogP contribution in [0.25, 0.3) is 0 Å². The van der Waals surface area contributed by atoms with Crippen LogP contribution in [0, 0.1) is 0 Å². The van der Waals surface area contributed by atoms with Gasteiger partial charge in [-0.2, -0.15) is 0 Å². The zero-order valence-electron chi connectivity index (χ0n) is 8.40. The fourth-order valence-corrected chi connectivity index (χ4v) is 1.68. The van der Waals surface area contributed by atoms with Crippen molar-refractivity contribution in [1.82, 2.24) is 5.32 Å². The first-order valence-electron chi connectivity index (χ1n) is 4.93. The van der Waals surface area contributed by atoms with Gasteiger partial charge in [-0.15, -0.1) is 0 Å². The van der Waals surface area contributed by atoms with Crippen LogP contribution in [0.5, 0.6) is 5.75 Å². The Morgan fingerprint density at radius 2 is 2.33 bits per heavy atom. The van der Waals surface area contributed by atoms with E-state index in [0.717, 1.165) is 17.7 Å². The van der Waals surface area contributed by atoms with Crippen molar-refractivity contribution < 1.29 is 9.53 Å². The molecule has 1 heterocycles. The Bertz CT molecular complexity index is 387. The lowest BCUT2D eigenvalue weighted by Gasteiger charge is -2.25. The number of para-hydroxylation sites is 1. The summed E-state index contributed by atoms with van der Waals surface area (Å²) in [6.07, 6.45) is 2.09. The zero-order valence-corrected chi connectivity index (χ0v) is 8.40. The summed E-state index contributed by atoms with van der Waals surface area (Å²) in [5, 5.41) is 2.83. The number of ether oxygens (including phenoxy) is 1. The summed E-state index contributed by atoms with van der Waals surface area (Å²) in [5.41, 5.74) is 1.14. The molecule has 3 heteroatoms. The van der Waals surface area contributed by atoms with E-state index in [2.05, 4.69) is 11.9 Å². The van der Waals surface area contributed by atoms with E-state index in [4.69, 9.17) is 4.74 Å². The lowest BCUT2D eigenvalue weighted by molar-refractivity contribution is -0.117. The lowest BCUT2D eigenvalue weighted by atomic mass is 10.0. The molecule has 1 aromatic carbocycles. The van der Waals surface area contributed by atoms with Crippen LogP contribution >= 0.6 is 0 Å². The summed E-state index contributed by atoms with van der Waals surface area (Å²) in [5.74, 6) is 0.768. The molecule has 2 rings (SSSR count). The molecule has 0 aromatic heterocycles. The second-order valence-electron chi connectivity index (χ2n) is 3.53. The third kappa shape index (κ3) is 2.18.